The number of nitrogens with one attached hydrogen (secondary N) is 2. The van der Waals surface area contributed by atoms with Crippen LogP contribution in [0.4, 0.5) is 0 Å². The number of rotatable bonds is 5. The Hall–Kier alpha value is 0.230. The highest BCUT2D eigenvalue weighted by atomic mass is 32.2. The largest absolute Gasteiger partial charge is 0.377 e. The molecule has 2 atom stereocenters. The lowest BCUT2D eigenvalue weighted by atomic mass is 10.1. The van der Waals surface area contributed by atoms with Crippen molar-refractivity contribution in [3.8, 4) is 0 Å². The number of hydrogen-bond acceptors (Lipinski definition) is 4. The second kappa shape index (κ2) is 7.54. The highest BCUT2D eigenvalue weighted by Gasteiger charge is 2.14. The van der Waals surface area contributed by atoms with Gasteiger partial charge in [-0.15, -0.1) is 0 Å². The van der Waals surface area contributed by atoms with Crippen molar-refractivity contribution in [2.75, 3.05) is 37.7 Å². The fourth-order valence-corrected chi connectivity index (χ4v) is 3.31. The lowest BCUT2D eigenvalue weighted by Crippen LogP contribution is -2.40. The molecular weight excluding hydrogens is 220 g/mol. The molecule has 2 aliphatic heterocycles. The predicted octanol–water partition coefficient (Wildman–Crippen LogP) is 1.24. The number of ether oxygens (including phenoxy) is 1. The molecule has 2 N–H and O–H groups in total. The van der Waals surface area contributed by atoms with Gasteiger partial charge in [-0.25, -0.2) is 0 Å². The Morgan fingerprint density at radius 2 is 2.38 bits per heavy atom. The van der Waals surface area contributed by atoms with Crippen molar-refractivity contribution >= 4 is 11.8 Å². The summed E-state index contributed by atoms with van der Waals surface area (Å²) in [5, 5.41) is 7.09. The first-order chi connectivity index (χ1) is 7.95. The summed E-state index contributed by atoms with van der Waals surface area (Å²) < 4.78 is 5.69. The first-order valence-corrected chi connectivity index (χ1v) is 7.74. The molecule has 0 saturated carbocycles. The Kier molecular flexibility index (Phi) is 5.97. The molecule has 0 aliphatic carbocycles. The fraction of sp³-hybridized carbons (Fsp3) is 1.00. The van der Waals surface area contributed by atoms with Crippen molar-refractivity contribution in [1.82, 2.24) is 10.6 Å². The van der Waals surface area contributed by atoms with Gasteiger partial charge >= 0.3 is 0 Å². The molecule has 0 radical (unpaired) electrons. The van der Waals surface area contributed by atoms with Crippen molar-refractivity contribution in [3.63, 3.8) is 0 Å². The quantitative estimate of drug-likeness (QED) is 0.713. The van der Waals surface area contributed by atoms with Gasteiger partial charge in [0, 0.05) is 37.2 Å². The van der Waals surface area contributed by atoms with Gasteiger partial charge < -0.3 is 15.4 Å². The van der Waals surface area contributed by atoms with Gasteiger partial charge in [0.25, 0.3) is 0 Å². The van der Waals surface area contributed by atoms with Gasteiger partial charge in [-0.3, -0.25) is 0 Å². The Balaban J connectivity index is 1.47. The van der Waals surface area contributed by atoms with E-state index in [1.54, 1.807) is 0 Å². The second-order valence-corrected chi connectivity index (χ2v) is 5.86. The molecule has 94 valence electrons. The van der Waals surface area contributed by atoms with Crippen LogP contribution in [0.2, 0.25) is 0 Å². The molecule has 16 heavy (non-hydrogen) atoms. The topological polar surface area (TPSA) is 33.3 Å². The Morgan fingerprint density at radius 1 is 1.38 bits per heavy atom. The Bertz CT molecular complexity index is 160. The minimum absolute atomic E-state index is 0.474. The average Bonchev–Trinajstić information content (AvgIpc) is 2.37. The first-order valence-electron chi connectivity index (χ1n) is 6.58. The molecule has 2 aliphatic rings. The van der Waals surface area contributed by atoms with Gasteiger partial charge in [-0.05, 0) is 32.2 Å². The van der Waals surface area contributed by atoms with E-state index in [2.05, 4.69) is 22.4 Å². The van der Waals surface area contributed by atoms with Crippen molar-refractivity contribution in [2.45, 2.75) is 37.8 Å². The summed E-state index contributed by atoms with van der Waals surface area (Å²) in [5.41, 5.74) is 0. The highest BCUT2D eigenvalue weighted by Crippen LogP contribution is 2.12. The van der Waals surface area contributed by atoms with Crippen LogP contribution in [0.5, 0.6) is 0 Å². The molecule has 0 aromatic heterocycles. The number of thioether (sulfide) groups is 1. The van der Waals surface area contributed by atoms with E-state index in [0.29, 0.717) is 6.10 Å². The molecule has 2 saturated heterocycles. The maximum absolute atomic E-state index is 5.69. The third-order valence-electron chi connectivity index (χ3n) is 3.31. The van der Waals surface area contributed by atoms with Crippen LogP contribution < -0.4 is 10.6 Å². The summed E-state index contributed by atoms with van der Waals surface area (Å²) in [7, 11) is 0. The molecule has 3 nitrogen and oxygen atoms in total. The standard InChI is InChI=1S/C12H24N2OS/c1-2-7-15-12(3-1)9-13-5-4-11-10-16-8-6-14-11/h11-14H,1-10H2. The van der Waals surface area contributed by atoms with Crippen LogP contribution in [-0.2, 0) is 4.74 Å². The molecule has 0 aromatic carbocycles. The summed E-state index contributed by atoms with van der Waals surface area (Å²) in [6.07, 6.45) is 5.55. The van der Waals surface area contributed by atoms with Gasteiger partial charge in [0.05, 0.1) is 6.10 Å². The van der Waals surface area contributed by atoms with Crippen LogP contribution >= 0.6 is 11.8 Å². The van der Waals surface area contributed by atoms with E-state index in [4.69, 9.17) is 4.74 Å². The van der Waals surface area contributed by atoms with E-state index in [0.717, 1.165) is 25.7 Å². The fourth-order valence-electron chi connectivity index (χ4n) is 2.31. The monoisotopic (exact) mass is 244 g/mol. The molecule has 0 amide bonds. The third kappa shape index (κ3) is 4.62. The lowest BCUT2D eigenvalue weighted by Gasteiger charge is -2.25. The molecule has 2 unspecified atom stereocenters. The third-order valence-corrected chi connectivity index (χ3v) is 4.44. The van der Waals surface area contributed by atoms with E-state index in [-0.39, 0.29) is 0 Å². The van der Waals surface area contributed by atoms with Crippen molar-refractivity contribution in [3.05, 3.63) is 0 Å². The van der Waals surface area contributed by atoms with Crippen molar-refractivity contribution < 1.29 is 4.74 Å². The van der Waals surface area contributed by atoms with Crippen LogP contribution in [0.3, 0.4) is 0 Å². The van der Waals surface area contributed by atoms with Crippen molar-refractivity contribution in [2.24, 2.45) is 0 Å². The minimum atomic E-state index is 0.474. The Morgan fingerprint density at radius 3 is 3.12 bits per heavy atom. The summed E-state index contributed by atoms with van der Waals surface area (Å²) in [5.74, 6) is 2.56. The average molecular weight is 244 g/mol. The Labute approximate surface area is 103 Å². The summed E-state index contributed by atoms with van der Waals surface area (Å²) in [6.45, 7) is 4.31. The number of hydrogen-bond donors (Lipinski definition) is 2. The molecule has 2 rings (SSSR count). The summed E-state index contributed by atoms with van der Waals surface area (Å²) in [4.78, 5) is 0. The van der Waals surface area contributed by atoms with E-state index in [1.165, 1.54) is 43.7 Å². The SMILES string of the molecule is C1CCC(CNCCC2CSCCN2)OC1. The molecule has 2 fully saturated rings. The lowest BCUT2D eigenvalue weighted by molar-refractivity contribution is 0.0170. The van der Waals surface area contributed by atoms with Crippen LogP contribution in [0.15, 0.2) is 0 Å². The van der Waals surface area contributed by atoms with Gasteiger partial charge in [0.15, 0.2) is 0 Å². The highest BCUT2D eigenvalue weighted by molar-refractivity contribution is 7.99. The zero-order valence-electron chi connectivity index (χ0n) is 10.0. The van der Waals surface area contributed by atoms with Crippen LogP contribution in [0, 0.1) is 0 Å². The van der Waals surface area contributed by atoms with E-state index < -0.39 is 0 Å². The van der Waals surface area contributed by atoms with Crippen LogP contribution in [-0.4, -0.2) is 49.9 Å². The molecule has 0 aromatic rings. The summed E-state index contributed by atoms with van der Waals surface area (Å²) >= 11 is 2.07. The zero-order chi connectivity index (χ0) is 11.1. The van der Waals surface area contributed by atoms with Crippen molar-refractivity contribution in [1.29, 1.82) is 0 Å². The maximum atomic E-state index is 5.69. The second-order valence-electron chi connectivity index (χ2n) is 4.71. The molecule has 0 spiro atoms. The van der Waals surface area contributed by atoms with Crippen LogP contribution in [0.1, 0.15) is 25.7 Å². The van der Waals surface area contributed by atoms with E-state index in [9.17, 15) is 0 Å². The summed E-state index contributed by atoms with van der Waals surface area (Å²) in [6, 6.07) is 0.721. The van der Waals surface area contributed by atoms with Gasteiger partial charge in [0.1, 0.15) is 0 Å². The van der Waals surface area contributed by atoms with E-state index >= 15 is 0 Å². The van der Waals surface area contributed by atoms with E-state index in [1.807, 2.05) is 0 Å². The van der Waals surface area contributed by atoms with Crippen LogP contribution in [0.25, 0.3) is 0 Å². The molecule has 2 heterocycles. The molecular formula is C12H24N2OS. The predicted molar refractivity (Wildman–Crippen MR) is 70.2 cm³/mol. The normalized spacial score (nSPS) is 31.5. The zero-order valence-corrected chi connectivity index (χ0v) is 10.9. The van der Waals surface area contributed by atoms with Gasteiger partial charge in [0.2, 0.25) is 0 Å². The smallest absolute Gasteiger partial charge is 0.0699 e. The minimum Gasteiger partial charge on any atom is -0.377 e. The van der Waals surface area contributed by atoms with Gasteiger partial charge in [-0.2, -0.15) is 11.8 Å². The van der Waals surface area contributed by atoms with Gasteiger partial charge in [-0.1, -0.05) is 0 Å². The maximum Gasteiger partial charge on any atom is 0.0699 e. The first kappa shape index (κ1) is 12.7. The molecule has 0 bridgehead atoms. The molecule has 4 heteroatoms.